The fourth-order valence-corrected chi connectivity index (χ4v) is 4.68. The van der Waals surface area contributed by atoms with Gasteiger partial charge < -0.3 is 5.32 Å². The Morgan fingerprint density at radius 2 is 1.89 bits per heavy atom. The Morgan fingerprint density at radius 3 is 2.59 bits per heavy atom. The Bertz CT molecular complexity index is 899. The van der Waals surface area contributed by atoms with Crippen molar-refractivity contribution in [3.63, 3.8) is 0 Å². The van der Waals surface area contributed by atoms with Crippen LogP contribution in [0.3, 0.4) is 0 Å². The molecule has 0 aliphatic carbocycles. The molecule has 1 fully saturated rings. The summed E-state index contributed by atoms with van der Waals surface area (Å²) in [5.74, 6) is 0.101. The number of hydrogen-bond acceptors (Lipinski definition) is 4. The van der Waals surface area contributed by atoms with Gasteiger partial charge in [0.2, 0.25) is 5.91 Å². The molecular weight excluding hydrogens is 361 g/mol. The molecule has 1 aliphatic heterocycles. The number of anilines is 1. The Balaban J connectivity index is 1.35. The average Bonchev–Trinajstić information content (AvgIpc) is 3.13. The maximum atomic E-state index is 13.0. The average molecular weight is 383 g/mol. The number of likely N-dealkylation sites (tertiary alicyclic amines) is 1. The Kier molecular flexibility index (Phi) is 5.18. The number of para-hydroxylation sites is 1. The molecule has 2 aromatic carbocycles. The van der Waals surface area contributed by atoms with Gasteiger partial charge in [0, 0.05) is 11.6 Å². The van der Waals surface area contributed by atoms with Crippen LogP contribution in [0.4, 0.5) is 10.1 Å². The molecule has 3 aromatic rings. The van der Waals surface area contributed by atoms with Crippen molar-refractivity contribution in [1.29, 1.82) is 0 Å². The third-order valence-corrected chi connectivity index (χ3v) is 6.43. The minimum Gasteiger partial charge on any atom is -0.325 e. The number of benzene rings is 2. The summed E-state index contributed by atoms with van der Waals surface area (Å²) in [5, 5.41) is 4.08. The van der Waals surface area contributed by atoms with Gasteiger partial charge in [-0.1, -0.05) is 12.1 Å². The molecule has 0 spiro atoms. The summed E-state index contributed by atoms with van der Waals surface area (Å²) in [5.41, 5.74) is 1.70. The predicted octanol–water partition coefficient (Wildman–Crippen LogP) is 4.64. The van der Waals surface area contributed by atoms with Crippen LogP contribution in [0.1, 0.15) is 30.7 Å². The van der Waals surface area contributed by atoms with Crippen molar-refractivity contribution >= 4 is 33.1 Å². The number of aromatic nitrogens is 1. The van der Waals surface area contributed by atoms with Crippen LogP contribution in [0, 0.1) is 5.82 Å². The zero-order valence-electron chi connectivity index (χ0n) is 15.2. The summed E-state index contributed by atoms with van der Waals surface area (Å²) in [6.07, 6.45) is 2.02. The molecule has 4 nitrogen and oxygen atoms in total. The van der Waals surface area contributed by atoms with E-state index in [-0.39, 0.29) is 17.8 Å². The van der Waals surface area contributed by atoms with Crippen molar-refractivity contribution in [2.45, 2.75) is 31.7 Å². The summed E-state index contributed by atoms with van der Waals surface area (Å²) >= 11 is 1.78. The first-order valence-electron chi connectivity index (χ1n) is 9.26. The molecule has 4 rings (SSSR count). The van der Waals surface area contributed by atoms with Crippen molar-refractivity contribution < 1.29 is 9.18 Å². The first kappa shape index (κ1) is 18.1. The van der Waals surface area contributed by atoms with Crippen LogP contribution in [-0.2, 0) is 4.79 Å². The second-order valence-electron chi connectivity index (χ2n) is 7.00. The highest BCUT2D eigenvalue weighted by Crippen LogP contribution is 2.34. The maximum Gasteiger partial charge on any atom is 0.241 e. The van der Waals surface area contributed by atoms with Crippen molar-refractivity contribution in [3.8, 4) is 0 Å². The summed E-state index contributed by atoms with van der Waals surface area (Å²) in [6.45, 7) is 3.67. The summed E-state index contributed by atoms with van der Waals surface area (Å²) in [7, 11) is 0. The lowest BCUT2D eigenvalue weighted by Crippen LogP contribution is -2.45. The number of nitrogens with zero attached hydrogens (tertiary/aromatic N) is 2. The second-order valence-corrected chi connectivity index (χ2v) is 8.06. The van der Waals surface area contributed by atoms with Crippen LogP contribution in [0.2, 0.25) is 0 Å². The number of hydrogen-bond donors (Lipinski definition) is 1. The molecule has 0 bridgehead atoms. The smallest absolute Gasteiger partial charge is 0.241 e. The topological polar surface area (TPSA) is 45.2 Å². The van der Waals surface area contributed by atoms with Crippen molar-refractivity contribution in [2.24, 2.45) is 0 Å². The molecule has 0 saturated carbocycles. The fraction of sp³-hybridized carbons (Fsp3) is 0.333. The van der Waals surface area contributed by atoms with Crippen molar-refractivity contribution in [1.82, 2.24) is 9.88 Å². The molecule has 1 aromatic heterocycles. The van der Waals surface area contributed by atoms with E-state index in [0.29, 0.717) is 11.6 Å². The van der Waals surface area contributed by atoms with Gasteiger partial charge in [-0.3, -0.25) is 9.69 Å². The Morgan fingerprint density at radius 1 is 1.19 bits per heavy atom. The SMILES string of the molecule is C[C@H](C(=O)Nc1ccc(F)cc1)N1CCC(c2nc3ccccc3s2)CC1. The summed E-state index contributed by atoms with van der Waals surface area (Å²) in [4.78, 5) is 19.5. The largest absolute Gasteiger partial charge is 0.325 e. The molecule has 1 amide bonds. The zero-order valence-corrected chi connectivity index (χ0v) is 16.0. The van der Waals surface area contributed by atoms with E-state index in [4.69, 9.17) is 4.98 Å². The number of halogens is 1. The molecule has 1 N–H and O–H groups in total. The van der Waals surface area contributed by atoms with Gasteiger partial charge in [-0.25, -0.2) is 9.37 Å². The summed E-state index contributed by atoms with van der Waals surface area (Å²) in [6, 6.07) is 13.9. The van der Waals surface area contributed by atoms with Gasteiger partial charge in [-0.2, -0.15) is 0 Å². The normalized spacial score (nSPS) is 17.1. The lowest BCUT2D eigenvalue weighted by molar-refractivity contribution is -0.121. The van der Waals surface area contributed by atoms with Crippen molar-refractivity contribution in [2.75, 3.05) is 18.4 Å². The molecule has 1 saturated heterocycles. The number of rotatable bonds is 4. The minimum absolute atomic E-state index is 0.0555. The Labute approximate surface area is 162 Å². The molecule has 1 atom stereocenters. The highest BCUT2D eigenvalue weighted by Gasteiger charge is 2.28. The molecular formula is C21H22FN3OS. The van der Waals surface area contributed by atoms with E-state index < -0.39 is 0 Å². The predicted molar refractivity (Wildman–Crippen MR) is 108 cm³/mol. The second kappa shape index (κ2) is 7.74. The van der Waals surface area contributed by atoms with Gasteiger partial charge in [-0.15, -0.1) is 11.3 Å². The van der Waals surface area contributed by atoms with Crippen LogP contribution in [0.15, 0.2) is 48.5 Å². The van der Waals surface area contributed by atoms with E-state index in [1.807, 2.05) is 19.1 Å². The highest BCUT2D eigenvalue weighted by molar-refractivity contribution is 7.18. The molecule has 1 aliphatic rings. The first-order chi connectivity index (χ1) is 13.1. The molecule has 0 radical (unpaired) electrons. The lowest BCUT2D eigenvalue weighted by atomic mass is 9.96. The molecule has 27 heavy (non-hydrogen) atoms. The van der Waals surface area contributed by atoms with Gasteiger partial charge in [0.1, 0.15) is 5.82 Å². The van der Waals surface area contributed by atoms with Crippen LogP contribution < -0.4 is 5.32 Å². The lowest BCUT2D eigenvalue weighted by Gasteiger charge is -2.34. The number of thiazole rings is 1. The number of carbonyl (C=O) groups is 1. The van der Waals surface area contributed by atoms with Crippen molar-refractivity contribution in [3.05, 3.63) is 59.4 Å². The third kappa shape index (κ3) is 4.01. The number of carbonyl (C=O) groups excluding carboxylic acids is 1. The van der Waals surface area contributed by atoms with E-state index >= 15 is 0 Å². The molecule has 6 heteroatoms. The number of amides is 1. The van der Waals surface area contributed by atoms with E-state index in [9.17, 15) is 9.18 Å². The third-order valence-electron chi connectivity index (χ3n) is 5.23. The number of fused-ring (bicyclic) bond motifs is 1. The summed E-state index contributed by atoms with van der Waals surface area (Å²) < 4.78 is 14.2. The number of piperidine rings is 1. The van der Waals surface area contributed by atoms with E-state index in [0.717, 1.165) is 31.4 Å². The standard InChI is InChI=1S/C21H22FN3OS/c1-14(20(26)23-17-8-6-16(22)7-9-17)25-12-10-15(11-13-25)21-24-18-4-2-3-5-19(18)27-21/h2-9,14-15H,10-13H2,1H3,(H,23,26)/t14-/m1/s1. The van der Waals surface area contributed by atoms with Gasteiger partial charge >= 0.3 is 0 Å². The quantitative estimate of drug-likeness (QED) is 0.714. The van der Waals surface area contributed by atoms with E-state index in [1.54, 1.807) is 23.5 Å². The van der Waals surface area contributed by atoms with Gasteiger partial charge in [0.05, 0.1) is 21.3 Å². The van der Waals surface area contributed by atoms with E-state index in [1.165, 1.54) is 21.8 Å². The van der Waals surface area contributed by atoms with Gasteiger partial charge in [-0.05, 0) is 69.3 Å². The highest BCUT2D eigenvalue weighted by atomic mass is 32.1. The van der Waals surface area contributed by atoms with Gasteiger partial charge in [0.25, 0.3) is 0 Å². The molecule has 0 unspecified atom stereocenters. The van der Waals surface area contributed by atoms with Crippen LogP contribution in [0.25, 0.3) is 10.2 Å². The Hall–Kier alpha value is -2.31. The van der Waals surface area contributed by atoms with Gasteiger partial charge in [0.15, 0.2) is 0 Å². The first-order valence-corrected chi connectivity index (χ1v) is 10.1. The zero-order chi connectivity index (χ0) is 18.8. The monoisotopic (exact) mass is 383 g/mol. The fourth-order valence-electron chi connectivity index (χ4n) is 3.54. The number of nitrogens with one attached hydrogen (secondary N) is 1. The molecule has 2 heterocycles. The maximum absolute atomic E-state index is 13.0. The van der Waals surface area contributed by atoms with E-state index in [2.05, 4.69) is 22.3 Å². The van der Waals surface area contributed by atoms with Crippen LogP contribution in [0.5, 0.6) is 0 Å². The molecule has 140 valence electrons. The van der Waals surface area contributed by atoms with Crippen LogP contribution >= 0.6 is 11.3 Å². The minimum atomic E-state index is -0.307. The van der Waals surface area contributed by atoms with Crippen LogP contribution in [-0.4, -0.2) is 34.9 Å².